The molecule has 0 amide bonds. The first-order chi connectivity index (χ1) is 8.01. The number of sulfonamides is 1. The van der Waals surface area contributed by atoms with Gasteiger partial charge in [-0.1, -0.05) is 13.8 Å². The van der Waals surface area contributed by atoms with E-state index in [0.29, 0.717) is 25.0 Å². The van der Waals surface area contributed by atoms with Crippen LogP contribution in [0.25, 0.3) is 0 Å². The molecule has 4 nitrogen and oxygen atoms in total. The molecule has 100 valence electrons. The molecule has 0 radical (unpaired) electrons. The SMILES string of the molecule is CC(C)CN(C1CC1)S(=O)(=O)C1CCCNC1. The van der Waals surface area contributed by atoms with Crippen LogP contribution >= 0.6 is 0 Å². The van der Waals surface area contributed by atoms with Gasteiger partial charge in [-0.15, -0.1) is 0 Å². The maximum atomic E-state index is 12.6. The summed E-state index contributed by atoms with van der Waals surface area (Å²) in [7, 11) is -3.09. The van der Waals surface area contributed by atoms with Gasteiger partial charge in [-0.05, 0) is 38.1 Å². The highest BCUT2D eigenvalue weighted by molar-refractivity contribution is 7.89. The second kappa shape index (κ2) is 5.24. The van der Waals surface area contributed by atoms with E-state index >= 15 is 0 Å². The molecule has 1 saturated heterocycles. The Labute approximate surface area is 105 Å². The van der Waals surface area contributed by atoms with Gasteiger partial charge >= 0.3 is 0 Å². The number of nitrogens with zero attached hydrogens (tertiary/aromatic N) is 1. The Morgan fingerprint density at radius 1 is 1.29 bits per heavy atom. The van der Waals surface area contributed by atoms with Crippen LogP contribution in [-0.2, 0) is 10.0 Å². The van der Waals surface area contributed by atoms with E-state index in [1.807, 2.05) is 0 Å². The molecule has 0 spiro atoms. The molecule has 1 aliphatic heterocycles. The standard InChI is InChI=1S/C12H24N2O2S/c1-10(2)9-14(11-5-6-11)17(15,16)12-4-3-7-13-8-12/h10-13H,3-9H2,1-2H3. The Hall–Kier alpha value is -0.130. The van der Waals surface area contributed by atoms with E-state index in [1.165, 1.54) is 0 Å². The number of piperidine rings is 1. The highest BCUT2D eigenvalue weighted by atomic mass is 32.2. The van der Waals surface area contributed by atoms with Crippen LogP contribution in [-0.4, -0.2) is 43.6 Å². The van der Waals surface area contributed by atoms with Crippen LogP contribution in [0.2, 0.25) is 0 Å². The molecule has 1 aliphatic carbocycles. The van der Waals surface area contributed by atoms with Crippen molar-refractivity contribution in [1.29, 1.82) is 0 Å². The Morgan fingerprint density at radius 3 is 2.47 bits per heavy atom. The van der Waals surface area contributed by atoms with Crippen LogP contribution in [0.3, 0.4) is 0 Å². The molecule has 1 heterocycles. The van der Waals surface area contributed by atoms with Crippen LogP contribution in [0.15, 0.2) is 0 Å². The minimum atomic E-state index is -3.09. The fraction of sp³-hybridized carbons (Fsp3) is 1.00. The Balaban J connectivity index is 2.09. The van der Waals surface area contributed by atoms with Gasteiger partial charge in [-0.3, -0.25) is 0 Å². The van der Waals surface area contributed by atoms with E-state index in [1.54, 1.807) is 4.31 Å². The van der Waals surface area contributed by atoms with Crippen molar-refractivity contribution < 1.29 is 8.42 Å². The quantitative estimate of drug-likeness (QED) is 0.808. The molecule has 1 atom stereocenters. The average molecular weight is 260 g/mol. The minimum Gasteiger partial charge on any atom is -0.315 e. The zero-order valence-electron chi connectivity index (χ0n) is 10.9. The van der Waals surface area contributed by atoms with Gasteiger partial charge in [0, 0.05) is 19.1 Å². The summed E-state index contributed by atoms with van der Waals surface area (Å²) < 4.78 is 27.0. The average Bonchev–Trinajstić information content (AvgIpc) is 3.10. The van der Waals surface area contributed by atoms with Crippen LogP contribution in [0, 0.1) is 5.92 Å². The predicted molar refractivity (Wildman–Crippen MR) is 69.4 cm³/mol. The van der Waals surface area contributed by atoms with Crippen molar-refractivity contribution >= 4 is 10.0 Å². The summed E-state index contributed by atoms with van der Waals surface area (Å²) in [5.74, 6) is 0.405. The summed E-state index contributed by atoms with van der Waals surface area (Å²) in [6.07, 6.45) is 3.89. The van der Waals surface area contributed by atoms with Crippen molar-refractivity contribution in [2.24, 2.45) is 5.92 Å². The highest BCUT2D eigenvalue weighted by Crippen LogP contribution is 2.32. The fourth-order valence-electron chi connectivity index (χ4n) is 2.45. The van der Waals surface area contributed by atoms with Crippen molar-refractivity contribution in [3.8, 4) is 0 Å². The van der Waals surface area contributed by atoms with Gasteiger partial charge < -0.3 is 5.32 Å². The normalized spacial score (nSPS) is 26.7. The largest absolute Gasteiger partial charge is 0.315 e. The molecular weight excluding hydrogens is 236 g/mol. The number of nitrogens with one attached hydrogen (secondary N) is 1. The summed E-state index contributed by atoms with van der Waals surface area (Å²) in [5.41, 5.74) is 0. The first kappa shape index (κ1) is 13.3. The summed E-state index contributed by atoms with van der Waals surface area (Å²) in [6, 6.07) is 0.296. The summed E-state index contributed by atoms with van der Waals surface area (Å²) >= 11 is 0. The zero-order valence-corrected chi connectivity index (χ0v) is 11.7. The summed E-state index contributed by atoms with van der Waals surface area (Å²) in [4.78, 5) is 0. The Kier molecular flexibility index (Phi) is 4.10. The maximum absolute atomic E-state index is 12.6. The predicted octanol–water partition coefficient (Wildman–Crippen LogP) is 1.19. The molecule has 0 aromatic carbocycles. The van der Waals surface area contributed by atoms with E-state index in [2.05, 4.69) is 19.2 Å². The number of hydrogen-bond donors (Lipinski definition) is 1. The third kappa shape index (κ3) is 3.20. The third-order valence-electron chi connectivity index (χ3n) is 3.50. The molecule has 1 unspecified atom stereocenters. The molecule has 1 N–H and O–H groups in total. The van der Waals surface area contributed by atoms with Gasteiger partial charge in [0.1, 0.15) is 0 Å². The monoisotopic (exact) mass is 260 g/mol. The molecule has 17 heavy (non-hydrogen) atoms. The lowest BCUT2D eigenvalue weighted by molar-refractivity contribution is 0.348. The van der Waals surface area contributed by atoms with Crippen molar-refractivity contribution in [3.63, 3.8) is 0 Å². The zero-order chi connectivity index (χ0) is 12.5. The molecule has 5 heteroatoms. The Bertz CT molecular complexity index is 344. The number of hydrogen-bond acceptors (Lipinski definition) is 3. The molecule has 0 bridgehead atoms. The van der Waals surface area contributed by atoms with Gasteiger partial charge in [0.05, 0.1) is 5.25 Å². The lowest BCUT2D eigenvalue weighted by atomic mass is 10.2. The van der Waals surface area contributed by atoms with E-state index in [0.717, 1.165) is 32.2 Å². The van der Waals surface area contributed by atoms with E-state index in [-0.39, 0.29) is 5.25 Å². The molecule has 2 rings (SSSR count). The summed E-state index contributed by atoms with van der Waals surface area (Å²) in [5, 5.41) is 3.00. The van der Waals surface area contributed by atoms with E-state index in [4.69, 9.17) is 0 Å². The van der Waals surface area contributed by atoms with Crippen LogP contribution < -0.4 is 5.32 Å². The fourth-order valence-corrected chi connectivity index (χ4v) is 4.76. The molecule has 0 aromatic heterocycles. The number of rotatable bonds is 5. The van der Waals surface area contributed by atoms with Gasteiger partial charge in [-0.2, -0.15) is 4.31 Å². The van der Waals surface area contributed by atoms with Gasteiger partial charge in [0.25, 0.3) is 0 Å². The van der Waals surface area contributed by atoms with E-state index in [9.17, 15) is 8.42 Å². The van der Waals surface area contributed by atoms with Gasteiger partial charge in [0.15, 0.2) is 0 Å². The summed E-state index contributed by atoms with van der Waals surface area (Å²) in [6.45, 7) is 6.45. The smallest absolute Gasteiger partial charge is 0.218 e. The lowest BCUT2D eigenvalue weighted by Crippen LogP contribution is -2.48. The molecule has 2 fully saturated rings. The van der Waals surface area contributed by atoms with Gasteiger partial charge in [-0.25, -0.2) is 8.42 Å². The highest BCUT2D eigenvalue weighted by Gasteiger charge is 2.41. The first-order valence-corrected chi connectivity index (χ1v) is 8.23. The van der Waals surface area contributed by atoms with Crippen molar-refractivity contribution in [2.75, 3.05) is 19.6 Å². The lowest BCUT2D eigenvalue weighted by Gasteiger charge is -2.31. The molecule has 1 saturated carbocycles. The van der Waals surface area contributed by atoms with Crippen molar-refractivity contribution in [2.45, 2.75) is 50.8 Å². The second-order valence-electron chi connectivity index (χ2n) is 5.71. The van der Waals surface area contributed by atoms with Crippen molar-refractivity contribution in [3.05, 3.63) is 0 Å². The first-order valence-electron chi connectivity index (χ1n) is 6.73. The third-order valence-corrected chi connectivity index (χ3v) is 5.84. The van der Waals surface area contributed by atoms with Crippen molar-refractivity contribution in [1.82, 2.24) is 9.62 Å². The van der Waals surface area contributed by atoms with Crippen LogP contribution in [0.5, 0.6) is 0 Å². The minimum absolute atomic E-state index is 0.199. The maximum Gasteiger partial charge on any atom is 0.218 e. The van der Waals surface area contributed by atoms with Gasteiger partial charge in [0.2, 0.25) is 10.0 Å². The molecular formula is C12H24N2O2S. The van der Waals surface area contributed by atoms with E-state index < -0.39 is 10.0 Å². The molecule has 0 aromatic rings. The van der Waals surface area contributed by atoms with Crippen LogP contribution in [0.1, 0.15) is 39.5 Å². The Morgan fingerprint density at radius 2 is 2.00 bits per heavy atom. The van der Waals surface area contributed by atoms with Crippen LogP contribution in [0.4, 0.5) is 0 Å². The second-order valence-corrected chi connectivity index (χ2v) is 7.87. The molecule has 2 aliphatic rings. The topological polar surface area (TPSA) is 49.4 Å².